The minimum Gasteiger partial charge on any atom is -0.406 e. The number of halogens is 4. The van der Waals surface area contributed by atoms with Gasteiger partial charge in [0.25, 0.3) is 0 Å². The maximum atomic E-state index is 15.3. The smallest absolute Gasteiger partial charge is 0.406 e. The number of ether oxygens (including phenoxy) is 1. The quantitative estimate of drug-likeness (QED) is 0.216. The molecule has 0 aromatic heterocycles. The zero-order valence-corrected chi connectivity index (χ0v) is 20.3. The summed E-state index contributed by atoms with van der Waals surface area (Å²) in [6.45, 7) is 2.26. The highest BCUT2D eigenvalue weighted by atomic mass is 19.4. The summed E-state index contributed by atoms with van der Waals surface area (Å²) < 4.78 is 56.3. The summed E-state index contributed by atoms with van der Waals surface area (Å²) >= 11 is 0. The molecule has 5 heteroatoms. The summed E-state index contributed by atoms with van der Waals surface area (Å²) in [5.41, 5.74) is 2.09. The molecule has 3 aromatic carbocycles. The lowest BCUT2D eigenvalue weighted by Crippen LogP contribution is -2.16. The standard InChI is InChI=1S/C30H34F4O/c1-2-3-4-5-21-6-8-22(9-7-21)10-11-23-12-18-28-25(20-23)15-19-27(29(28)31)24-13-16-26(17-14-24)35-30(32,33)34/h12-22H,2-11H2,1H3. The molecule has 35 heavy (non-hydrogen) atoms. The molecular formula is C30H34F4O. The van der Waals surface area contributed by atoms with Crippen LogP contribution in [0.4, 0.5) is 17.6 Å². The van der Waals surface area contributed by atoms with Crippen LogP contribution in [0.3, 0.4) is 0 Å². The Balaban J connectivity index is 1.37. The second kappa shape index (κ2) is 11.5. The van der Waals surface area contributed by atoms with Gasteiger partial charge in [0.05, 0.1) is 0 Å². The van der Waals surface area contributed by atoms with E-state index in [-0.39, 0.29) is 11.6 Å². The first kappa shape index (κ1) is 25.5. The maximum Gasteiger partial charge on any atom is 0.573 e. The van der Waals surface area contributed by atoms with Crippen molar-refractivity contribution in [3.8, 4) is 16.9 Å². The third kappa shape index (κ3) is 6.99. The highest BCUT2D eigenvalue weighted by Gasteiger charge is 2.31. The van der Waals surface area contributed by atoms with E-state index in [2.05, 4.69) is 17.7 Å². The molecule has 0 atom stereocenters. The monoisotopic (exact) mass is 486 g/mol. The van der Waals surface area contributed by atoms with Crippen LogP contribution in [0.15, 0.2) is 54.6 Å². The Morgan fingerprint density at radius 2 is 1.51 bits per heavy atom. The Morgan fingerprint density at radius 1 is 0.829 bits per heavy atom. The Morgan fingerprint density at radius 3 is 2.17 bits per heavy atom. The normalized spacial score (nSPS) is 18.7. The van der Waals surface area contributed by atoms with Crippen LogP contribution in [0.25, 0.3) is 21.9 Å². The minimum absolute atomic E-state index is 0.322. The first-order valence-corrected chi connectivity index (χ1v) is 12.9. The van der Waals surface area contributed by atoms with E-state index >= 15 is 4.39 Å². The van der Waals surface area contributed by atoms with Gasteiger partial charge in [0.15, 0.2) is 0 Å². The fourth-order valence-corrected chi connectivity index (χ4v) is 5.42. The van der Waals surface area contributed by atoms with E-state index in [1.807, 2.05) is 18.2 Å². The highest BCUT2D eigenvalue weighted by molar-refractivity contribution is 5.88. The lowest BCUT2D eigenvalue weighted by molar-refractivity contribution is -0.274. The van der Waals surface area contributed by atoms with Gasteiger partial charge in [0, 0.05) is 10.9 Å². The number of rotatable bonds is 9. The van der Waals surface area contributed by atoms with E-state index in [1.165, 1.54) is 87.6 Å². The summed E-state index contributed by atoms with van der Waals surface area (Å²) in [6, 6.07) is 14.8. The molecule has 0 amide bonds. The van der Waals surface area contributed by atoms with Gasteiger partial charge >= 0.3 is 6.36 Å². The molecule has 1 fully saturated rings. The molecule has 1 saturated carbocycles. The van der Waals surface area contributed by atoms with Crippen molar-refractivity contribution in [3.05, 3.63) is 66.0 Å². The van der Waals surface area contributed by atoms with Crippen molar-refractivity contribution >= 4 is 10.8 Å². The molecular weight excluding hydrogens is 452 g/mol. The third-order valence-corrected chi connectivity index (χ3v) is 7.44. The molecule has 0 spiro atoms. The van der Waals surface area contributed by atoms with Crippen LogP contribution in [0, 0.1) is 17.7 Å². The molecule has 0 unspecified atom stereocenters. The first-order valence-electron chi connectivity index (χ1n) is 12.9. The fraction of sp³-hybridized carbons (Fsp3) is 0.467. The number of alkyl halides is 3. The lowest BCUT2D eigenvalue weighted by atomic mass is 9.77. The third-order valence-electron chi connectivity index (χ3n) is 7.44. The van der Waals surface area contributed by atoms with E-state index in [4.69, 9.17) is 0 Å². The van der Waals surface area contributed by atoms with Gasteiger partial charge in [0.2, 0.25) is 0 Å². The molecule has 0 radical (unpaired) electrons. The maximum absolute atomic E-state index is 15.3. The Labute approximate surface area is 205 Å². The number of aryl methyl sites for hydroxylation is 1. The van der Waals surface area contributed by atoms with Crippen LogP contribution in [-0.2, 0) is 6.42 Å². The van der Waals surface area contributed by atoms with Gasteiger partial charge in [-0.15, -0.1) is 13.2 Å². The molecule has 0 N–H and O–H groups in total. The van der Waals surface area contributed by atoms with Gasteiger partial charge < -0.3 is 4.74 Å². The molecule has 0 aliphatic heterocycles. The van der Waals surface area contributed by atoms with Crippen molar-refractivity contribution in [1.82, 2.24) is 0 Å². The van der Waals surface area contributed by atoms with Gasteiger partial charge in [-0.2, -0.15) is 0 Å². The van der Waals surface area contributed by atoms with Gasteiger partial charge in [0.1, 0.15) is 11.6 Å². The van der Waals surface area contributed by atoms with E-state index in [9.17, 15) is 13.2 Å². The molecule has 0 saturated heterocycles. The molecule has 1 aliphatic rings. The van der Waals surface area contributed by atoms with Gasteiger partial charge in [-0.05, 0) is 53.3 Å². The SMILES string of the molecule is CCCCCC1CCC(CCc2ccc3c(F)c(-c4ccc(OC(F)(F)F)cc4)ccc3c2)CC1. The summed E-state index contributed by atoms with van der Waals surface area (Å²) in [4.78, 5) is 0. The number of fused-ring (bicyclic) bond motifs is 1. The van der Waals surface area contributed by atoms with E-state index < -0.39 is 6.36 Å². The topological polar surface area (TPSA) is 9.23 Å². The van der Waals surface area contributed by atoms with E-state index in [0.29, 0.717) is 16.5 Å². The van der Waals surface area contributed by atoms with Crippen molar-refractivity contribution in [2.75, 3.05) is 0 Å². The van der Waals surface area contributed by atoms with Crippen LogP contribution in [0.2, 0.25) is 0 Å². The van der Waals surface area contributed by atoms with Gasteiger partial charge in [-0.1, -0.05) is 101 Å². The highest BCUT2D eigenvalue weighted by Crippen LogP contribution is 2.35. The predicted octanol–water partition coefficient (Wildman–Crippen LogP) is 9.86. The fourth-order valence-electron chi connectivity index (χ4n) is 5.42. The van der Waals surface area contributed by atoms with E-state index in [1.54, 1.807) is 6.07 Å². The second-order valence-corrected chi connectivity index (χ2v) is 9.98. The van der Waals surface area contributed by atoms with Crippen LogP contribution in [0.5, 0.6) is 5.75 Å². The minimum atomic E-state index is -4.75. The largest absolute Gasteiger partial charge is 0.573 e. The van der Waals surface area contributed by atoms with Gasteiger partial charge in [-0.3, -0.25) is 0 Å². The summed E-state index contributed by atoms with van der Waals surface area (Å²) in [7, 11) is 0. The zero-order valence-electron chi connectivity index (χ0n) is 20.3. The van der Waals surface area contributed by atoms with Crippen molar-refractivity contribution in [1.29, 1.82) is 0 Å². The Kier molecular flexibility index (Phi) is 8.35. The van der Waals surface area contributed by atoms with Crippen molar-refractivity contribution in [3.63, 3.8) is 0 Å². The average Bonchev–Trinajstić information content (AvgIpc) is 2.84. The molecule has 0 bridgehead atoms. The summed E-state index contributed by atoms with van der Waals surface area (Å²) in [6.07, 6.45) is 8.24. The van der Waals surface area contributed by atoms with E-state index in [0.717, 1.165) is 23.6 Å². The molecule has 1 nitrogen and oxygen atoms in total. The number of hydrogen-bond donors (Lipinski definition) is 0. The molecule has 3 aromatic rings. The number of unbranched alkanes of at least 4 members (excludes halogenated alkanes) is 2. The number of hydrogen-bond acceptors (Lipinski definition) is 1. The zero-order chi connectivity index (χ0) is 24.8. The van der Waals surface area contributed by atoms with Crippen LogP contribution in [-0.4, -0.2) is 6.36 Å². The number of benzene rings is 3. The molecule has 0 heterocycles. The van der Waals surface area contributed by atoms with Crippen LogP contribution >= 0.6 is 0 Å². The van der Waals surface area contributed by atoms with Crippen molar-refractivity contribution in [2.45, 2.75) is 77.5 Å². The summed E-state index contributed by atoms with van der Waals surface area (Å²) in [5.74, 6) is 1.03. The lowest BCUT2D eigenvalue weighted by Gasteiger charge is -2.28. The average molecular weight is 487 g/mol. The van der Waals surface area contributed by atoms with Gasteiger partial charge in [-0.25, -0.2) is 4.39 Å². The molecule has 188 valence electrons. The first-order chi connectivity index (χ1) is 16.8. The summed E-state index contributed by atoms with van der Waals surface area (Å²) in [5, 5.41) is 1.37. The van der Waals surface area contributed by atoms with Crippen LogP contribution < -0.4 is 4.74 Å². The van der Waals surface area contributed by atoms with Crippen molar-refractivity contribution < 1.29 is 22.3 Å². The predicted molar refractivity (Wildman–Crippen MR) is 134 cm³/mol. The Bertz CT molecular complexity index is 1100. The molecule has 4 rings (SSSR count). The second-order valence-electron chi connectivity index (χ2n) is 9.98. The van der Waals surface area contributed by atoms with Crippen LogP contribution in [0.1, 0.15) is 70.3 Å². The molecule has 1 aliphatic carbocycles. The Hall–Kier alpha value is -2.56. The van der Waals surface area contributed by atoms with Crippen molar-refractivity contribution in [2.24, 2.45) is 11.8 Å².